The van der Waals surface area contributed by atoms with E-state index < -0.39 is 15.9 Å². The van der Waals surface area contributed by atoms with Gasteiger partial charge in [-0.1, -0.05) is 20.8 Å². The van der Waals surface area contributed by atoms with Crippen LogP contribution in [-0.2, 0) is 9.84 Å². The van der Waals surface area contributed by atoms with Crippen LogP contribution in [0.15, 0.2) is 29.2 Å². The molecule has 1 fully saturated rings. The van der Waals surface area contributed by atoms with Crippen molar-refractivity contribution in [3.63, 3.8) is 0 Å². The minimum atomic E-state index is -3.20. The second-order valence-corrected chi connectivity index (χ2v) is 9.54. The van der Waals surface area contributed by atoms with Crippen molar-refractivity contribution in [2.45, 2.75) is 50.6 Å². The van der Waals surface area contributed by atoms with Crippen molar-refractivity contribution in [3.05, 3.63) is 24.3 Å². The van der Waals surface area contributed by atoms with Crippen molar-refractivity contribution >= 4 is 21.6 Å². The fourth-order valence-corrected chi connectivity index (χ4v) is 3.81. The van der Waals surface area contributed by atoms with Crippen LogP contribution in [0.25, 0.3) is 0 Å². The lowest BCUT2D eigenvalue weighted by Crippen LogP contribution is -2.54. The summed E-state index contributed by atoms with van der Waals surface area (Å²) < 4.78 is 23.0. The van der Waals surface area contributed by atoms with Crippen LogP contribution >= 0.6 is 0 Å². The number of amides is 1. The molecule has 0 bridgehead atoms. The number of nitrogens with one attached hydrogen (secondary N) is 1. The zero-order valence-electron chi connectivity index (χ0n) is 14.6. The Balaban J connectivity index is 2.10. The standard InChI is InChI=1S/C17H26N2O4S/c1-17(2,3)15-11-13(9-10-19(15)16(20)21)18-12-5-7-14(8-6-12)24(4,22)23/h5-8,13,15,18H,9-11H2,1-4H3,(H,20,21). The smallest absolute Gasteiger partial charge is 0.407 e. The molecule has 0 aliphatic carbocycles. The van der Waals surface area contributed by atoms with Crippen LogP contribution in [0.3, 0.4) is 0 Å². The molecule has 1 aliphatic rings. The van der Waals surface area contributed by atoms with Crippen molar-refractivity contribution < 1.29 is 18.3 Å². The third kappa shape index (κ3) is 4.41. The van der Waals surface area contributed by atoms with E-state index >= 15 is 0 Å². The van der Waals surface area contributed by atoms with Gasteiger partial charge in [0.05, 0.1) is 4.90 Å². The molecule has 2 atom stereocenters. The number of likely N-dealkylation sites (tertiary alicyclic amines) is 1. The van der Waals surface area contributed by atoms with Gasteiger partial charge in [-0.3, -0.25) is 0 Å². The Labute approximate surface area is 143 Å². The van der Waals surface area contributed by atoms with E-state index in [0.29, 0.717) is 11.4 Å². The molecule has 1 aromatic rings. The topological polar surface area (TPSA) is 86.7 Å². The molecule has 1 amide bonds. The summed E-state index contributed by atoms with van der Waals surface area (Å²) >= 11 is 0. The number of hydrogen-bond acceptors (Lipinski definition) is 4. The van der Waals surface area contributed by atoms with Gasteiger partial charge in [-0.05, 0) is 42.5 Å². The lowest BCUT2D eigenvalue weighted by molar-refractivity contribution is 0.0557. The van der Waals surface area contributed by atoms with Crippen molar-refractivity contribution in [2.24, 2.45) is 5.41 Å². The number of carboxylic acid groups (broad SMARTS) is 1. The highest BCUT2D eigenvalue weighted by atomic mass is 32.2. The summed E-state index contributed by atoms with van der Waals surface area (Å²) in [5.41, 5.74) is 0.711. The van der Waals surface area contributed by atoms with Crippen LogP contribution in [0.5, 0.6) is 0 Å². The van der Waals surface area contributed by atoms with Gasteiger partial charge in [0.25, 0.3) is 0 Å². The first-order valence-corrected chi connectivity index (χ1v) is 9.94. The minimum absolute atomic E-state index is 0.0588. The molecule has 0 spiro atoms. The molecule has 2 unspecified atom stereocenters. The predicted octanol–water partition coefficient (Wildman–Crippen LogP) is 3.06. The second-order valence-electron chi connectivity index (χ2n) is 7.52. The molecule has 2 rings (SSSR count). The Hall–Kier alpha value is -1.76. The molecule has 0 aromatic heterocycles. The van der Waals surface area contributed by atoms with E-state index in [1.165, 1.54) is 11.2 Å². The average Bonchev–Trinajstić information content (AvgIpc) is 2.45. The lowest BCUT2D eigenvalue weighted by atomic mass is 9.79. The van der Waals surface area contributed by atoms with Crippen molar-refractivity contribution in [2.75, 3.05) is 18.1 Å². The first-order chi connectivity index (χ1) is 11.0. The van der Waals surface area contributed by atoms with Gasteiger partial charge in [0.15, 0.2) is 9.84 Å². The average molecular weight is 354 g/mol. The van der Waals surface area contributed by atoms with E-state index in [-0.39, 0.29) is 17.5 Å². The van der Waals surface area contributed by atoms with E-state index in [0.717, 1.165) is 18.5 Å². The molecule has 1 aromatic carbocycles. The molecule has 1 aliphatic heterocycles. The summed E-state index contributed by atoms with van der Waals surface area (Å²) in [6, 6.07) is 6.79. The van der Waals surface area contributed by atoms with Crippen molar-refractivity contribution in [3.8, 4) is 0 Å². The number of anilines is 1. The van der Waals surface area contributed by atoms with E-state index in [1.54, 1.807) is 24.3 Å². The number of hydrogen-bond donors (Lipinski definition) is 2. The minimum Gasteiger partial charge on any atom is -0.465 e. The molecular formula is C17H26N2O4S. The summed E-state index contributed by atoms with van der Waals surface area (Å²) in [6.45, 7) is 6.65. The van der Waals surface area contributed by atoms with Crippen LogP contribution in [0, 0.1) is 5.41 Å². The Morgan fingerprint density at radius 3 is 2.29 bits per heavy atom. The zero-order valence-corrected chi connectivity index (χ0v) is 15.4. The quantitative estimate of drug-likeness (QED) is 0.871. The molecule has 0 radical (unpaired) electrons. The van der Waals surface area contributed by atoms with Gasteiger partial charge in [-0.25, -0.2) is 13.2 Å². The molecule has 6 nitrogen and oxygen atoms in total. The van der Waals surface area contributed by atoms with E-state index in [2.05, 4.69) is 26.1 Å². The largest absolute Gasteiger partial charge is 0.465 e. The third-order valence-electron chi connectivity index (χ3n) is 4.50. The zero-order chi connectivity index (χ0) is 18.1. The van der Waals surface area contributed by atoms with Gasteiger partial charge < -0.3 is 15.3 Å². The third-order valence-corrected chi connectivity index (χ3v) is 5.63. The number of piperidine rings is 1. The van der Waals surface area contributed by atoms with Crippen LogP contribution in [0.2, 0.25) is 0 Å². The number of carbonyl (C=O) groups is 1. The van der Waals surface area contributed by atoms with E-state index in [9.17, 15) is 18.3 Å². The highest BCUT2D eigenvalue weighted by Crippen LogP contribution is 2.33. The summed E-state index contributed by atoms with van der Waals surface area (Å²) in [6.07, 6.45) is 1.77. The van der Waals surface area contributed by atoms with E-state index in [4.69, 9.17) is 0 Å². The van der Waals surface area contributed by atoms with Crippen molar-refractivity contribution in [1.82, 2.24) is 4.90 Å². The maximum Gasteiger partial charge on any atom is 0.407 e. The summed E-state index contributed by atoms with van der Waals surface area (Å²) in [5, 5.41) is 12.8. The van der Waals surface area contributed by atoms with Crippen LogP contribution < -0.4 is 5.32 Å². The monoisotopic (exact) mass is 354 g/mol. The Morgan fingerprint density at radius 1 is 1.25 bits per heavy atom. The summed E-state index contributed by atoms with van der Waals surface area (Å²) in [7, 11) is -3.20. The normalized spacial score (nSPS) is 22.2. The summed E-state index contributed by atoms with van der Waals surface area (Å²) in [5.74, 6) is 0. The van der Waals surface area contributed by atoms with Gasteiger partial charge in [0.2, 0.25) is 0 Å². The number of nitrogens with zero attached hydrogens (tertiary/aromatic N) is 1. The van der Waals surface area contributed by atoms with Crippen LogP contribution in [0.1, 0.15) is 33.6 Å². The second kappa shape index (κ2) is 6.63. The van der Waals surface area contributed by atoms with Gasteiger partial charge in [-0.15, -0.1) is 0 Å². The summed E-state index contributed by atoms with van der Waals surface area (Å²) in [4.78, 5) is 13.3. The maximum atomic E-state index is 11.5. The SMILES string of the molecule is CC(C)(C)C1CC(Nc2ccc(S(C)(=O)=O)cc2)CCN1C(=O)O. The van der Waals surface area contributed by atoms with Crippen molar-refractivity contribution in [1.29, 1.82) is 0 Å². The van der Waals surface area contributed by atoms with Gasteiger partial charge >= 0.3 is 6.09 Å². The number of benzene rings is 1. The van der Waals surface area contributed by atoms with Crippen LogP contribution in [0.4, 0.5) is 10.5 Å². The molecule has 1 heterocycles. The molecule has 24 heavy (non-hydrogen) atoms. The highest BCUT2D eigenvalue weighted by Gasteiger charge is 2.38. The Morgan fingerprint density at radius 2 is 1.83 bits per heavy atom. The Kier molecular flexibility index (Phi) is 5.13. The fraction of sp³-hybridized carbons (Fsp3) is 0.588. The lowest BCUT2D eigenvalue weighted by Gasteiger charge is -2.45. The maximum absolute atomic E-state index is 11.5. The molecule has 1 saturated heterocycles. The van der Waals surface area contributed by atoms with Gasteiger partial charge in [0, 0.05) is 30.6 Å². The number of sulfone groups is 1. The first-order valence-electron chi connectivity index (χ1n) is 8.04. The van der Waals surface area contributed by atoms with E-state index in [1.807, 2.05) is 0 Å². The predicted molar refractivity (Wildman–Crippen MR) is 94.2 cm³/mol. The first kappa shape index (κ1) is 18.6. The van der Waals surface area contributed by atoms with Gasteiger partial charge in [0.1, 0.15) is 0 Å². The van der Waals surface area contributed by atoms with Gasteiger partial charge in [-0.2, -0.15) is 0 Å². The molecule has 7 heteroatoms. The highest BCUT2D eigenvalue weighted by molar-refractivity contribution is 7.90. The molecular weight excluding hydrogens is 328 g/mol. The Bertz CT molecular complexity index is 692. The molecule has 2 N–H and O–H groups in total. The molecule has 0 saturated carbocycles. The fourth-order valence-electron chi connectivity index (χ4n) is 3.18. The molecule has 134 valence electrons. The van der Waals surface area contributed by atoms with Crippen LogP contribution in [-0.4, -0.2) is 49.4 Å². The number of rotatable bonds is 3.